The lowest BCUT2D eigenvalue weighted by Gasteiger charge is -2.37. The van der Waals surface area contributed by atoms with Crippen LogP contribution in [0.25, 0.3) is 10.2 Å². The van der Waals surface area contributed by atoms with Crippen molar-refractivity contribution in [2.45, 2.75) is 38.0 Å². The van der Waals surface area contributed by atoms with Gasteiger partial charge in [0.1, 0.15) is 11.6 Å². The van der Waals surface area contributed by atoms with Crippen molar-refractivity contribution in [3.05, 3.63) is 29.3 Å². The molecule has 0 spiro atoms. The molecule has 1 saturated carbocycles. The normalized spacial score (nSPS) is 24.1. The average molecular weight is 332 g/mol. The Labute approximate surface area is 139 Å². The summed E-state index contributed by atoms with van der Waals surface area (Å²) < 4.78 is 12.5. The molecule has 0 radical (unpaired) electrons. The highest BCUT2D eigenvalue weighted by atomic mass is 32.1. The van der Waals surface area contributed by atoms with Crippen molar-refractivity contribution < 1.29 is 14.3 Å². The molecule has 2 aliphatic rings. The lowest BCUT2D eigenvalue weighted by atomic mass is 10.1. The summed E-state index contributed by atoms with van der Waals surface area (Å²) >= 11 is 1.62. The van der Waals surface area contributed by atoms with Crippen LogP contribution in [0.4, 0.5) is 0 Å². The summed E-state index contributed by atoms with van der Waals surface area (Å²) in [5.41, 5.74) is 0.990. The number of carbonyl (C=O) groups is 1. The number of thiazole rings is 1. The van der Waals surface area contributed by atoms with Crippen molar-refractivity contribution in [1.82, 2.24) is 9.88 Å². The van der Waals surface area contributed by atoms with Crippen molar-refractivity contribution >= 4 is 27.5 Å². The number of hydrogen-bond donors (Lipinski definition) is 0. The van der Waals surface area contributed by atoms with Gasteiger partial charge in [-0.15, -0.1) is 11.3 Å². The number of morpholine rings is 1. The Balaban J connectivity index is 1.32. The average Bonchev–Trinajstić information content (AvgIpc) is 3.20. The van der Waals surface area contributed by atoms with E-state index < -0.39 is 0 Å². The van der Waals surface area contributed by atoms with E-state index in [0.29, 0.717) is 19.8 Å². The molecule has 2 heterocycles. The van der Waals surface area contributed by atoms with Gasteiger partial charge in [-0.05, 0) is 31.4 Å². The molecule has 6 heteroatoms. The fourth-order valence-electron chi connectivity index (χ4n) is 3.53. The van der Waals surface area contributed by atoms with E-state index in [-0.39, 0.29) is 24.7 Å². The molecule has 2 atom stereocenters. The summed E-state index contributed by atoms with van der Waals surface area (Å²) in [5.74, 6) is 0.0753. The molecule has 122 valence electrons. The first kappa shape index (κ1) is 15.1. The molecule has 4 rings (SSSR count). The summed E-state index contributed by atoms with van der Waals surface area (Å²) in [7, 11) is 0. The number of fused-ring (bicyclic) bond motifs is 2. The largest absolute Gasteiger partial charge is 0.374 e. The van der Waals surface area contributed by atoms with Crippen LogP contribution in [0, 0.1) is 0 Å². The minimum absolute atomic E-state index is 0.0753. The third-order valence-electron chi connectivity index (χ3n) is 4.59. The predicted molar refractivity (Wildman–Crippen MR) is 88.4 cm³/mol. The second-order valence-corrected chi connectivity index (χ2v) is 7.18. The Hall–Kier alpha value is -1.50. The maximum atomic E-state index is 12.4. The first-order valence-electron chi connectivity index (χ1n) is 8.14. The summed E-state index contributed by atoms with van der Waals surface area (Å²) in [6, 6.07) is 8.28. The fraction of sp³-hybridized carbons (Fsp3) is 0.529. The second-order valence-electron chi connectivity index (χ2n) is 6.06. The number of aromatic nitrogens is 1. The number of ether oxygens (including phenoxy) is 2. The minimum atomic E-state index is 0.0753. The molecule has 1 aliphatic carbocycles. The Kier molecular flexibility index (Phi) is 4.29. The number of benzene rings is 1. The first-order chi connectivity index (χ1) is 11.3. The van der Waals surface area contributed by atoms with Crippen LogP contribution in [-0.4, -0.2) is 47.7 Å². The second kappa shape index (κ2) is 6.55. The molecule has 1 amide bonds. The molecule has 2 aromatic rings. The molecule has 1 aromatic heterocycles. The van der Waals surface area contributed by atoms with E-state index in [4.69, 9.17) is 9.47 Å². The number of para-hydroxylation sites is 1. The van der Waals surface area contributed by atoms with Gasteiger partial charge in [0.25, 0.3) is 0 Å². The van der Waals surface area contributed by atoms with Crippen molar-refractivity contribution in [2.24, 2.45) is 0 Å². The maximum Gasteiger partial charge on any atom is 0.249 e. The molecule has 1 saturated heterocycles. The number of nitrogens with zero attached hydrogens (tertiary/aromatic N) is 2. The zero-order valence-corrected chi connectivity index (χ0v) is 13.8. The maximum absolute atomic E-state index is 12.4. The third kappa shape index (κ3) is 3.11. The molecule has 1 aliphatic heterocycles. The molecular formula is C17H20N2O3S. The highest BCUT2D eigenvalue weighted by Gasteiger charge is 2.38. The molecule has 0 unspecified atom stereocenters. The number of carbonyl (C=O) groups excluding carboxylic acids is 1. The van der Waals surface area contributed by atoms with Crippen molar-refractivity contribution in [1.29, 1.82) is 0 Å². The highest BCUT2D eigenvalue weighted by Crippen LogP contribution is 2.29. The summed E-state index contributed by atoms with van der Waals surface area (Å²) in [4.78, 5) is 18.9. The van der Waals surface area contributed by atoms with Crippen LogP contribution < -0.4 is 0 Å². The van der Waals surface area contributed by atoms with E-state index in [2.05, 4.69) is 11.1 Å². The van der Waals surface area contributed by atoms with Crippen LogP contribution in [0.2, 0.25) is 0 Å². The highest BCUT2D eigenvalue weighted by molar-refractivity contribution is 7.18. The molecule has 1 aromatic carbocycles. The fourth-order valence-corrected chi connectivity index (χ4v) is 4.43. The van der Waals surface area contributed by atoms with Gasteiger partial charge in [-0.1, -0.05) is 12.1 Å². The molecule has 0 bridgehead atoms. The van der Waals surface area contributed by atoms with Crippen LogP contribution in [0.5, 0.6) is 0 Å². The van der Waals surface area contributed by atoms with Gasteiger partial charge in [0, 0.05) is 6.54 Å². The minimum Gasteiger partial charge on any atom is -0.374 e. The molecular weight excluding hydrogens is 312 g/mol. The van der Waals surface area contributed by atoms with Crippen LogP contribution >= 0.6 is 11.3 Å². The van der Waals surface area contributed by atoms with Crippen molar-refractivity contribution in [3.8, 4) is 0 Å². The smallest absolute Gasteiger partial charge is 0.249 e. The standard InChI is InChI=1S/C17H20N2O3S/c20-17(19-8-9-22-14-6-3-5-13(14)19)11-21-10-16-18-12-4-1-2-7-15(12)23-16/h1-2,4,7,13-14H,3,5-6,8-11H2/t13-,14-/m1/s1. The van der Waals surface area contributed by atoms with E-state index >= 15 is 0 Å². The third-order valence-corrected chi connectivity index (χ3v) is 5.60. The van der Waals surface area contributed by atoms with Crippen LogP contribution in [0.3, 0.4) is 0 Å². The van der Waals surface area contributed by atoms with E-state index in [0.717, 1.165) is 34.5 Å². The number of amides is 1. The summed E-state index contributed by atoms with van der Waals surface area (Å²) in [5, 5.41) is 0.916. The van der Waals surface area contributed by atoms with Crippen molar-refractivity contribution in [3.63, 3.8) is 0 Å². The summed E-state index contributed by atoms with van der Waals surface area (Å²) in [6.07, 6.45) is 3.50. The predicted octanol–water partition coefficient (Wildman–Crippen LogP) is 2.59. The number of rotatable bonds is 4. The van der Waals surface area contributed by atoms with E-state index in [1.807, 2.05) is 23.1 Å². The Morgan fingerprint density at radius 1 is 1.39 bits per heavy atom. The lowest BCUT2D eigenvalue weighted by molar-refractivity contribution is -0.149. The Morgan fingerprint density at radius 3 is 3.22 bits per heavy atom. The van der Waals surface area contributed by atoms with E-state index in [1.165, 1.54) is 0 Å². The molecule has 2 fully saturated rings. The van der Waals surface area contributed by atoms with Crippen LogP contribution in [-0.2, 0) is 20.9 Å². The zero-order chi connectivity index (χ0) is 15.6. The van der Waals surface area contributed by atoms with Crippen LogP contribution in [0.15, 0.2) is 24.3 Å². The van der Waals surface area contributed by atoms with Gasteiger partial charge in [-0.3, -0.25) is 4.79 Å². The zero-order valence-electron chi connectivity index (χ0n) is 12.9. The topological polar surface area (TPSA) is 51.7 Å². The van der Waals surface area contributed by atoms with Crippen molar-refractivity contribution in [2.75, 3.05) is 19.8 Å². The first-order valence-corrected chi connectivity index (χ1v) is 8.96. The SMILES string of the molecule is O=C(COCc1nc2ccccc2s1)N1CCO[C@@H]2CCC[C@H]21. The summed E-state index contributed by atoms with van der Waals surface area (Å²) in [6.45, 7) is 1.85. The van der Waals surface area contributed by atoms with Gasteiger partial charge in [-0.25, -0.2) is 4.98 Å². The molecule has 5 nitrogen and oxygen atoms in total. The Bertz CT molecular complexity index is 669. The number of hydrogen-bond acceptors (Lipinski definition) is 5. The monoisotopic (exact) mass is 332 g/mol. The van der Waals surface area contributed by atoms with Gasteiger partial charge in [0.15, 0.2) is 0 Å². The van der Waals surface area contributed by atoms with Gasteiger partial charge >= 0.3 is 0 Å². The van der Waals surface area contributed by atoms with Gasteiger partial charge in [0.05, 0.1) is 35.6 Å². The van der Waals surface area contributed by atoms with Gasteiger partial charge in [-0.2, -0.15) is 0 Å². The van der Waals surface area contributed by atoms with Gasteiger partial charge in [0.2, 0.25) is 5.91 Å². The van der Waals surface area contributed by atoms with E-state index in [1.54, 1.807) is 11.3 Å². The lowest BCUT2D eigenvalue weighted by Crippen LogP contribution is -2.52. The van der Waals surface area contributed by atoms with Crippen LogP contribution in [0.1, 0.15) is 24.3 Å². The molecule has 23 heavy (non-hydrogen) atoms. The van der Waals surface area contributed by atoms with Gasteiger partial charge < -0.3 is 14.4 Å². The molecule has 0 N–H and O–H groups in total. The Morgan fingerprint density at radius 2 is 2.30 bits per heavy atom. The van der Waals surface area contributed by atoms with E-state index in [9.17, 15) is 4.79 Å². The quantitative estimate of drug-likeness (QED) is 0.863.